The van der Waals surface area contributed by atoms with Crippen molar-refractivity contribution < 1.29 is 9.47 Å². The molecule has 1 fully saturated rings. The van der Waals surface area contributed by atoms with Crippen LogP contribution in [0, 0.1) is 5.92 Å². The van der Waals surface area contributed by atoms with Gasteiger partial charge in [0.2, 0.25) is 0 Å². The third-order valence-corrected chi connectivity index (χ3v) is 3.69. The largest absolute Gasteiger partial charge is 0.497 e. The molecule has 1 aromatic carbocycles. The Kier molecular flexibility index (Phi) is 2.94. The summed E-state index contributed by atoms with van der Waals surface area (Å²) in [5.41, 5.74) is 1.24. The molecule has 2 nitrogen and oxygen atoms in total. The highest BCUT2D eigenvalue weighted by molar-refractivity contribution is 5.29. The number of hydrogen-bond acceptors (Lipinski definition) is 2. The van der Waals surface area contributed by atoms with Gasteiger partial charge in [-0.15, -0.1) is 0 Å². The topological polar surface area (TPSA) is 18.5 Å². The molecule has 1 heterocycles. The van der Waals surface area contributed by atoms with Crippen molar-refractivity contribution >= 4 is 0 Å². The quantitative estimate of drug-likeness (QED) is 0.758. The van der Waals surface area contributed by atoms with Crippen LogP contribution in [0.2, 0.25) is 0 Å². The Morgan fingerprint density at radius 3 is 2.31 bits per heavy atom. The lowest BCUT2D eigenvalue weighted by atomic mass is 9.91. The second-order valence-corrected chi connectivity index (χ2v) is 5.12. The third kappa shape index (κ3) is 2.07. The lowest BCUT2D eigenvalue weighted by molar-refractivity contribution is -0.0300. The molecule has 0 radical (unpaired) electrons. The van der Waals surface area contributed by atoms with Crippen molar-refractivity contribution in [3.05, 3.63) is 29.8 Å². The van der Waals surface area contributed by atoms with E-state index in [0.717, 1.165) is 12.2 Å². The minimum absolute atomic E-state index is 0.00933. The summed E-state index contributed by atoms with van der Waals surface area (Å²) in [6.07, 6.45) is 1.33. The van der Waals surface area contributed by atoms with Crippen molar-refractivity contribution in [2.75, 3.05) is 7.11 Å². The Morgan fingerprint density at radius 2 is 1.88 bits per heavy atom. The van der Waals surface area contributed by atoms with Gasteiger partial charge in [-0.3, -0.25) is 0 Å². The molecule has 1 aliphatic heterocycles. The highest BCUT2D eigenvalue weighted by atomic mass is 16.5. The molecule has 88 valence electrons. The molecule has 1 saturated heterocycles. The van der Waals surface area contributed by atoms with Crippen LogP contribution in [0.25, 0.3) is 0 Å². The van der Waals surface area contributed by atoms with Crippen LogP contribution in [-0.2, 0) is 4.74 Å². The monoisotopic (exact) mass is 220 g/mol. The van der Waals surface area contributed by atoms with E-state index in [9.17, 15) is 0 Å². The summed E-state index contributed by atoms with van der Waals surface area (Å²) < 4.78 is 11.2. The maximum absolute atomic E-state index is 6.08. The summed E-state index contributed by atoms with van der Waals surface area (Å²) in [5.74, 6) is 1.49. The van der Waals surface area contributed by atoms with E-state index >= 15 is 0 Å². The number of rotatable bonds is 2. The average molecular weight is 220 g/mol. The summed E-state index contributed by atoms with van der Waals surface area (Å²) in [6, 6.07) is 8.18. The van der Waals surface area contributed by atoms with Crippen molar-refractivity contribution in [2.45, 2.75) is 38.9 Å². The highest BCUT2D eigenvalue weighted by Gasteiger charge is 2.39. The molecule has 1 aliphatic rings. The van der Waals surface area contributed by atoms with Crippen molar-refractivity contribution in [1.82, 2.24) is 0 Å². The van der Waals surface area contributed by atoms with Crippen LogP contribution < -0.4 is 4.74 Å². The maximum Gasteiger partial charge on any atom is 0.118 e. The van der Waals surface area contributed by atoms with Crippen LogP contribution >= 0.6 is 0 Å². The zero-order valence-electron chi connectivity index (χ0n) is 10.5. The summed E-state index contributed by atoms with van der Waals surface area (Å²) in [7, 11) is 1.69. The van der Waals surface area contributed by atoms with Crippen molar-refractivity contribution in [3.63, 3.8) is 0 Å². The molecular formula is C14H20O2. The van der Waals surface area contributed by atoms with Crippen molar-refractivity contribution in [2.24, 2.45) is 5.92 Å². The maximum atomic E-state index is 6.08. The van der Waals surface area contributed by atoms with Crippen LogP contribution in [0.15, 0.2) is 24.3 Å². The Bertz CT molecular complexity index is 354. The van der Waals surface area contributed by atoms with E-state index in [-0.39, 0.29) is 11.7 Å². The van der Waals surface area contributed by atoms with Gasteiger partial charge >= 0.3 is 0 Å². The highest BCUT2D eigenvalue weighted by Crippen LogP contribution is 2.43. The second-order valence-electron chi connectivity index (χ2n) is 5.12. The van der Waals surface area contributed by atoms with E-state index in [1.807, 2.05) is 12.1 Å². The first-order chi connectivity index (χ1) is 7.53. The minimum Gasteiger partial charge on any atom is -0.497 e. The summed E-state index contributed by atoms with van der Waals surface area (Å²) >= 11 is 0. The molecule has 1 aromatic rings. The van der Waals surface area contributed by atoms with Crippen LogP contribution in [0.3, 0.4) is 0 Å². The summed E-state index contributed by atoms with van der Waals surface area (Å²) in [4.78, 5) is 0. The zero-order chi connectivity index (χ0) is 11.8. The smallest absolute Gasteiger partial charge is 0.118 e. The van der Waals surface area contributed by atoms with E-state index in [2.05, 4.69) is 32.9 Å². The summed E-state index contributed by atoms with van der Waals surface area (Å²) in [6.45, 7) is 6.59. The van der Waals surface area contributed by atoms with Crippen LogP contribution in [0.5, 0.6) is 5.75 Å². The number of benzene rings is 1. The van der Waals surface area contributed by atoms with Gasteiger partial charge in [-0.05, 0) is 43.9 Å². The number of ether oxygens (including phenoxy) is 2. The van der Waals surface area contributed by atoms with Gasteiger partial charge in [0.05, 0.1) is 18.8 Å². The molecular weight excluding hydrogens is 200 g/mol. The van der Waals surface area contributed by atoms with Gasteiger partial charge in [-0.1, -0.05) is 19.1 Å². The molecule has 0 amide bonds. The minimum atomic E-state index is -0.00933. The van der Waals surface area contributed by atoms with E-state index in [0.29, 0.717) is 5.92 Å². The number of methoxy groups -OCH3 is 1. The van der Waals surface area contributed by atoms with E-state index in [1.165, 1.54) is 5.56 Å². The molecule has 2 atom stereocenters. The van der Waals surface area contributed by atoms with Gasteiger partial charge in [0.1, 0.15) is 5.75 Å². The van der Waals surface area contributed by atoms with Gasteiger partial charge < -0.3 is 9.47 Å². The Morgan fingerprint density at radius 1 is 1.25 bits per heavy atom. The molecule has 2 rings (SSSR count). The fourth-order valence-corrected chi connectivity index (χ4v) is 2.16. The number of hydrogen-bond donors (Lipinski definition) is 0. The van der Waals surface area contributed by atoms with E-state index < -0.39 is 0 Å². The van der Waals surface area contributed by atoms with Gasteiger partial charge in [0.25, 0.3) is 0 Å². The second kappa shape index (κ2) is 4.10. The molecule has 0 aromatic heterocycles. The predicted octanol–water partition coefficient (Wildman–Crippen LogP) is 3.57. The van der Waals surface area contributed by atoms with Gasteiger partial charge in [-0.25, -0.2) is 0 Å². The van der Waals surface area contributed by atoms with E-state index in [1.54, 1.807) is 7.11 Å². The molecule has 0 unspecified atom stereocenters. The first-order valence-electron chi connectivity index (χ1n) is 5.84. The SMILES string of the molecule is COc1ccc([C@H]2C[C@H](C)C(C)(C)O2)cc1. The fourth-order valence-electron chi connectivity index (χ4n) is 2.16. The fraction of sp³-hybridized carbons (Fsp3) is 0.571. The molecule has 16 heavy (non-hydrogen) atoms. The first-order valence-corrected chi connectivity index (χ1v) is 5.84. The Hall–Kier alpha value is -1.02. The van der Waals surface area contributed by atoms with Crippen LogP contribution in [0.1, 0.15) is 38.9 Å². The Balaban J connectivity index is 2.14. The summed E-state index contributed by atoms with van der Waals surface area (Å²) in [5, 5.41) is 0. The van der Waals surface area contributed by atoms with Gasteiger partial charge in [0, 0.05) is 0 Å². The third-order valence-electron chi connectivity index (χ3n) is 3.69. The zero-order valence-corrected chi connectivity index (χ0v) is 10.5. The molecule has 0 bridgehead atoms. The Labute approximate surface area is 97.6 Å². The molecule has 0 N–H and O–H groups in total. The lowest BCUT2D eigenvalue weighted by Gasteiger charge is -2.23. The van der Waals surface area contributed by atoms with Gasteiger partial charge in [-0.2, -0.15) is 0 Å². The standard InChI is InChI=1S/C14H20O2/c1-10-9-13(16-14(10,2)3)11-5-7-12(15-4)8-6-11/h5-8,10,13H,9H2,1-4H3/t10-,13+/m0/s1. The van der Waals surface area contributed by atoms with Crippen molar-refractivity contribution in [3.8, 4) is 5.75 Å². The normalized spacial score (nSPS) is 28.0. The molecule has 0 aliphatic carbocycles. The van der Waals surface area contributed by atoms with E-state index in [4.69, 9.17) is 9.47 Å². The first kappa shape index (κ1) is 11.5. The molecule has 0 saturated carbocycles. The van der Waals surface area contributed by atoms with Gasteiger partial charge in [0.15, 0.2) is 0 Å². The molecule has 2 heteroatoms. The van der Waals surface area contributed by atoms with Crippen LogP contribution in [-0.4, -0.2) is 12.7 Å². The van der Waals surface area contributed by atoms with Crippen LogP contribution in [0.4, 0.5) is 0 Å². The predicted molar refractivity (Wildman–Crippen MR) is 64.7 cm³/mol. The lowest BCUT2D eigenvalue weighted by Crippen LogP contribution is -2.24. The van der Waals surface area contributed by atoms with Crippen molar-refractivity contribution in [1.29, 1.82) is 0 Å². The average Bonchev–Trinajstić information content (AvgIpc) is 2.54. The molecule has 0 spiro atoms.